The van der Waals surface area contributed by atoms with E-state index in [1.54, 1.807) is 42.5 Å². The first-order valence-corrected chi connectivity index (χ1v) is 11.7. The van der Waals surface area contributed by atoms with E-state index in [-0.39, 0.29) is 29.7 Å². The largest absolute Gasteiger partial charge is 0.352 e. The van der Waals surface area contributed by atoms with Gasteiger partial charge in [0.05, 0.1) is 10.6 Å². The Bertz CT molecular complexity index is 1220. The van der Waals surface area contributed by atoms with Gasteiger partial charge >= 0.3 is 0 Å². The SMILES string of the molecule is CN(c1ccccc1)S(=O)(=O)c1cccc(NC(=O)CCCNC(=O)c2ccc(F)cc2)c1. The molecule has 0 heterocycles. The van der Waals surface area contributed by atoms with Crippen molar-refractivity contribution >= 4 is 33.2 Å². The van der Waals surface area contributed by atoms with Gasteiger partial charge in [-0.1, -0.05) is 24.3 Å². The topological polar surface area (TPSA) is 95.6 Å². The first kappa shape index (κ1) is 23.9. The second-order valence-electron chi connectivity index (χ2n) is 7.25. The Kier molecular flexibility index (Phi) is 7.78. The fourth-order valence-corrected chi connectivity index (χ4v) is 4.29. The lowest BCUT2D eigenvalue weighted by Gasteiger charge is -2.19. The zero-order valence-corrected chi connectivity index (χ0v) is 18.8. The molecule has 172 valence electrons. The average Bonchev–Trinajstić information content (AvgIpc) is 2.82. The molecule has 2 N–H and O–H groups in total. The maximum Gasteiger partial charge on any atom is 0.264 e. The molecule has 33 heavy (non-hydrogen) atoms. The van der Waals surface area contributed by atoms with Crippen LogP contribution in [0, 0.1) is 5.82 Å². The van der Waals surface area contributed by atoms with Gasteiger partial charge in [0.1, 0.15) is 5.82 Å². The van der Waals surface area contributed by atoms with Crippen molar-refractivity contribution in [3.8, 4) is 0 Å². The Labute approximate surface area is 192 Å². The Balaban J connectivity index is 1.53. The van der Waals surface area contributed by atoms with Gasteiger partial charge in [0.25, 0.3) is 15.9 Å². The van der Waals surface area contributed by atoms with Gasteiger partial charge in [-0.2, -0.15) is 0 Å². The third kappa shape index (κ3) is 6.39. The molecule has 0 fully saturated rings. The number of para-hydroxylation sites is 1. The maximum atomic E-state index is 12.9. The molecule has 3 aromatic rings. The van der Waals surface area contributed by atoms with Gasteiger partial charge in [0, 0.05) is 31.3 Å². The van der Waals surface area contributed by atoms with Crippen LogP contribution in [-0.2, 0) is 14.8 Å². The minimum absolute atomic E-state index is 0.0539. The van der Waals surface area contributed by atoms with Crippen molar-refractivity contribution in [2.24, 2.45) is 0 Å². The summed E-state index contributed by atoms with van der Waals surface area (Å²) in [4.78, 5) is 24.3. The molecule has 0 aliphatic heterocycles. The van der Waals surface area contributed by atoms with E-state index in [9.17, 15) is 22.4 Å². The van der Waals surface area contributed by atoms with Crippen LogP contribution in [0.5, 0.6) is 0 Å². The molecule has 0 atom stereocenters. The van der Waals surface area contributed by atoms with Crippen LogP contribution in [0.4, 0.5) is 15.8 Å². The van der Waals surface area contributed by atoms with Crippen molar-refractivity contribution in [1.29, 1.82) is 0 Å². The highest BCUT2D eigenvalue weighted by Gasteiger charge is 2.21. The average molecular weight is 470 g/mol. The molecule has 2 amide bonds. The summed E-state index contributed by atoms with van der Waals surface area (Å²) >= 11 is 0. The third-order valence-electron chi connectivity index (χ3n) is 4.87. The van der Waals surface area contributed by atoms with E-state index in [4.69, 9.17) is 0 Å². The second-order valence-corrected chi connectivity index (χ2v) is 9.22. The highest BCUT2D eigenvalue weighted by Crippen LogP contribution is 2.23. The van der Waals surface area contributed by atoms with Crippen LogP contribution in [0.25, 0.3) is 0 Å². The molecule has 0 spiro atoms. The molecule has 0 radical (unpaired) electrons. The molecule has 0 saturated carbocycles. The first-order chi connectivity index (χ1) is 15.8. The summed E-state index contributed by atoms with van der Waals surface area (Å²) in [6, 6.07) is 19.9. The van der Waals surface area contributed by atoms with Crippen LogP contribution in [-0.4, -0.2) is 33.8 Å². The number of hydrogen-bond donors (Lipinski definition) is 2. The maximum absolute atomic E-state index is 12.9. The molecule has 3 aromatic carbocycles. The van der Waals surface area contributed by atoms with E-state index in [0.29, 0.717) is 23.4 Å². The van der Waals surface area contributed by atoms with Crippen molar-refractivity contribution < 1.29 is 22.4 Å². The van der Waals surface area contributed by atoms with Gasteiger partial charge in [0.2, 0.25) is 5.91 Å². The molecule has 3 rings (SSSR count). The van der Waals surface area contributed by atoms with Gasteiger partial charge in [-0.05, 0) is 61.0 Å². The van der Waals surface area contributed by atoms with Crippen molar-refractivity contribution in [3.05, 3.63) is 90.2 Å². The summed E-state index contributed by atoms with van der Waals surface area (Å²) in [7, 11) is -2.33. The summed E-state index contributed by atoms with van der Waals surface area (Å²) in [5.41, 5.74) is 1.21. The quantitative estimate of drug-likeness (QED) is 0.466. The number of sulfonamides is 1. The Hall–Kier alpha value is -3.72. The van der Waals surface area contributed by atoms with Crippen LogP contribution < -0.4 is 14.9 Å². The Morgan fingerprint density at radius 3 is 2.33 bits per heavy atom. The van der Waals surface area contributed by atoms with Gasteiger partial charge in [0.15, 0.2) is 0 Å². The zero-order valence-electron chi connectivity index (χ0n) is 18.0. The minimum Gasteiger partial charge on any atom is -0.352 e. The van der Waals surface area contributed by atoms with Crippen LogP contribution in [0.15, 0.2) is 83.8 Å². The summed E-state index contributed by atoms with van der Waals surface area (Å²) in [6.45, 7) is 0.264. The van der Waals surface area contributed by atoms with Crippen LogP contribution in [0.1, 0.15) is 23.2 Å². The number of halogens is 1. The number of hydrogen-bond acceptors (Lipinski definition) is 4. The molecule has 0 unspecified atom stereocenters. The summed E-state index contributed by atoms with van der Waals surface area (Å²) in [6.07, 6.45) is 0.512. The van der Waals surface area contributed by atoms with E-state index >= 15 is 0 Å². The van der Waals surface area contributed by atoms with Crippen molar-refractivity contribution in [1.82, 2.24) is 5.32 Å². The molecular formula is C24H24FN3O4S. The standard InChI is InChI=1S/C24H24FN3O4S/c1-28(21-8-3-2-4-9-21)33(31,32)22-10-5-7-20(17-22)27-23(29)11-6-16-26-24(30)18-12-14-19(25)15-13-18/h2-5,7-10,12-15,17H,6,11,16H2,1H3,(H,26,30)(H,27,29). The monoisotopic (exact) mass is 469 g/mol. The van der Waals surface area contributed by atoms with Gasteiger partial charge in [-0.3, -0.25) is 13.9 Å². The minimum atomic E-state index is -3.80. The summed E-state index contributed by atoms with van der Waals surface area (Å²) < 4.78 is 40.0. The van der Waals surface area contributed by atoms with E-state index in [1.807, 2.05) is 0 Å². The molecule has 9 heteroatoms. The molecule has 7 nitrogen and oxygen atoms in total. The van der Waals surface area contributed by atoms with Crippen molar-refractivity contribution in [2.75, 3.05) is 23.2 Å². The fraction of sp³-hybridized carbons (Fsp3) is 0.167. The van der Waals surface area contributed by atoms with E-state index < -0.39 is 15.8 Å². The van der Waals surface area contributed by atoms with Gasteiger partial charge in [-0.15, -0.1) is 0 Å². The molecular weight excluding hydrogens is 445 g/mol. The number of amides is 2. The van der Waals surface area contributed by atoms with Gasteiger partial charge in [-0.25, -0.2) is 12.8 Å². The van der Waals surface area contributed by atoms with Crippen molar-refractivity contribution in [2.45, 2.75) is 17.7 Å². The predicted molar refractivity (Wildman–Crippen MR) is 125 cm³/mol. The van der Waals surface area contributed by atoms with Crippen LogP contribution in [0.2, 0.25) is 0 Å². The highest BCUT2D eigenvalue weighted by molar-refractivity contribution is 7.92. The van der Waals surface area contributed by atoms with E-state index in [2.05, 4.69) is 10.6 Å². The van der Waals surface area contributed by atoms with Crippen LogP contribution >= 0.6 is 0 Å². The lowest BCUT2D eigenvalue weighted by Crippen LogP contribution is -2.26. The molecule has 0 aliphatic carbocycles. The number of anilines is 2. The number of nitrogens with one attached hydrogen (secondary N) is 2. The van der Waals surface area contributed by atoms with E-state index in [0.717, 1.165) is 0 Å². The van der Waals surface area contributed by atoms with E-state index in [1.165, 1.54) is 47.8 Å². The Morgan fingerprint density at radius 2 is 1.64 bits per heavy atom. The zero-order chi connectivity index (χ0) is 23.8. The number of carbonyl (C=O) groups excluding carboxylic acids is 2. The Morgan fingerprint density at radius 1 is 0.939 bits per heavy atom. The molecule has 0 saturated heterocycles. The molecule has 0 aliphatic rings. The first-order valence-electron chi connectivity index (χ1n) is 10.2. The number of carbonyl (C=O) groups is 2. The molecule has 0 aromatic heterocycles. The normalized spacial score (nSPS) is 11.0. The lowest BCUT2D eigenvalue weighted by molar-refractivity contribution is -0.116. The van der Waals surface area contributed by atoms with Crippen molar-refractivity contribution in [3.63, 3.8) is 0 Å². The number of nitrogens with zero attached hydrogens (tertiary/aromatic N) is 1. The smallest absolute Gasteiger partial charge is 0.264 e. The summed E-state index contributed by atoms with van der Waals surface area (Å²) in [5.74, 6) is -1.08. The van der Waals surface area contributed by atoms with Gasteiger partial charge < -0.3 is 10.6 Å². The molecule has 0 bridgehead atoms. The lowest BCUT2D eigenvalue weighted by atomic mass is 10.2. The second kappa shape index (κ2) is 10.7. The summed E-state index contributed by atoms with van der Waals surface area (Å²) in [5, 5.41) is 5.35. The number of benzene rings is 3. The fourth-order valence-electron chi connectivity index (χ4n) is 3.05. The number of rotatable bonds is 9. The predicted octanol–water partition coefficient (Wildman–Crippen LogP) is 3.80. The van der Waals surface area contributed by atoms with Crippen LogP contribution in [0.3, 0.4) is 0 Å². The highest BCUT2D eigenvalue weighted by atomic mass is 32.2. The third-order valence-corrected chi connectivity index (χ3v) is 6.65.